The van der Waals surface area contributed by atoms with Crippen molar-refractivity contribution in [3.8, 4) is 0 Å². The van der Waals surface area contributed by atoms with Crippen LogP contribution in [0.4, 0.5) is 13.2 Å². The van der Waals surface area contributed by atoms with Crippen LogP contribution in [0.25, 0.3) is 10.8 Å². The lowest BCUT2D eigenvalue weighted by Gasteiger charge is -2.16. The first-order valence-electron chi connectivity index (χ1n) is 11.3. The number of oxazole rings is 1. The van der Waals surface area contributed by atoms with Crippen LogP contribution in [-0.2, 0) is 13.1 Å². The standard InChI is InChI=1S/C22H16F3N3O3.C4H8/c1-12-19(21(29)27-10-13-7-14(23)9-15(24)8-13)16-3-2-4-17(25)20(16)22(30)28(12)11-18-26-5-6-31-18;1-2-4-3-1/h2-9H,10-11H2,1H3,(H,27,29);1-4H2. The number of carbonyl (C=O) groups excluding carboxylic acids is 1. The molecule has 1 aliphatic carbocycles. The van der Waals surface area contributed by atoms with Crippen LogP contribution in [0.3, 0.4) is 0 Å². The molecule has 2 aromatic carbocycles. The number of aromatic nitrogens is 2. The number of halogens is 3. The molecule has 1 amide bonds. The zero-order valence-corrected chi connectivity index (χ0v) is 19.1. The minimum Gasteiger partial charge on any atom is -0.447 e. The molecule has 1 aliphatic rings. The maximum atomic E-state index is 14.6. The highest BCUT2D eigenvalue weighted by atomic mass is 19.1. The van der Waals surface area contributed by atoms with Gasteiger partial charge in [-0.1, -0.05) is 37.8 Å². The number of rotatable bonds is 5. The van der Waals surface area contributed by atoms with Gasteiger partial charge in [-0.25, -0.2) is 18.2 Å². The van der Waals surface area contributed by atoms with Gasteiger partial charge in [-0.3, -0.25) is 9.59 Å². The molecule has 6 nitrogen and oxygen atoms in total. The number of hydrogen-bond donors (Lipinski definition) is 1. The first kappa shape index (κ1) is 24.3. The maximum Gasteiger partial charge on any atom is 0.262 e. The second-order valence-electron chi connectivity index (χ2n) is 8.31. The van der Waals surface area contributed by atoms with Crippen molar-refractivity contribution < 1.29 is 22.4 Å². The summed E-state index contributed by atoms with van der Waals surface area (Å²) in [6, 6.07) is 6.91. The van der Waals surface area contributed by atoms with Crippen LogP contribution in [0.5, 0.6) is 0 Å². The minimum absolute atomic E-state index is 0.0672. The van der Waals surface area contributed by atoms with E-state index in [-0.39, 0.29) is 46.6 Å². The Morgan fingerprint density at radius 1 is 1.09 bits per heavy atom. The van der Waals surface area contributed by atoms with Gasteiger partial charge in [-0.05, 0) is 30.7 Å². The van der Waals surface area contributed by atoms with E-state index in [1.807, 2.05) is 0 Å². The molecule has 0 spiro atoms. The Hall–Kier alpha value is -3.88. The molecule has 2 heterocycles. The van der Waals surface area contributed by atoms with Gasteiger partial charge < -0.3 is 14.3 Å². The van der Waals surface area contributed by atoms with E-state index in [2.05, 4.69) is 10.3 Å². The summed E-state index contributed by atoms with van der Waals surface area (Å²) in [7, 11) is 0. The van der Waals surface area contributed by atoms with E-state index >= 15 is 0 Å². The first-order valence-corrected chi connectivity index (χ1v) is 11.3. The summed E-state index contributed by atoms with van der Waals surface area (Å²) in [4.78, 5) is 30.0. The Morgan fingerprint density at radius 2 is 1.77 bits per heavy atom. The van der Waals surface area contributed by atoms with E-state index in [0.29, 0.717) is 0 Å². The van der Waals surface area contributed by atoms with Crippen LogP contribution in [0, 0.1) is 24.4 Å². The van der Waals surface area contributed by atoms with Crippen molar-refractivity contribution in [3.05, 3.63) is 99.4 Å². The summed E-state index contributed by atoms with van der Waals surface area (Å²) in [5.74, 6) is -2.73. The van der Waals surface area contributed by atoms with Crippen molar-refractivity contribution in [1.82, 2.24) is 14.9 Å². The summed E-state index contributed by atoms with van der Waals surface area (Å²) in [5.41, 5.74) is -0.0820. The smallest absolute Gasteiger partial charge is 0.262 e. The zero-order valence-electron chi connectivity index (χ0n) is 19.1. The van der Waals surface area contributed by atoms with E-state index in [1.54, 1.807) is 6.92 Å². The zero-order chi connectivity index (χ0) is 24.9. The van der Waals surface area contributed by atoms with Crippen molar-refractivity contribution in [1.29, 1.82) is 0 Å². The lowest BCUT2D eigenvalue weighted by molar-refractivity contribution is 0.0951. The first-order chi connectivity index (χ1) is 16.8. The highest BCUT2D eigenvalue weighted by molar-refractivity contribution is 6.07. The SMILES string of the molecule is C1CCC1.Cc1c(C(=O)NCc2cc(F)cc(F)c2)c2cccc(F)c2c(=O)n1Cc1ncco1. The Balaban J connectivity index is 0.000000656. The summed E-state index contributed by atoms with van der Waals surface area (Å²) in [6.45, 7) is 1.28. The fourth-order valence-corrected chi connectivity index (χ4v) is 3.74. The molecule has 1 saturated carbocycles. The molecule has 4 aromatic rings. The molecule has 0 saturated heterocycles. The molecule has 0 bridgehead atoms. The Bertz CT molecular complexity index is 1390. The molecule has 182 valence electrons. The Morgan fingerprint density at radius 3 is 2.37 bits per heavy atom. The van der Waals surface area contributed by atoms with Crippen molar-refractivity contribution in [2.75, 3.05) is 0 Å². The molecular weight excluding hydrogens is 459 g/mol. The predicted molar refractivity (Wildman–Crippen MR) is 125 cm³/mol. The summed E-state index contributed by atoms with van der Waals surface area (Å²) < 4.78 is 47.8. The monoisotopic (exact) mass is 483 g/mol. The summed E-state index contributed by atoms with van der Waals surface area (Å²) in [5, 5.41) is 2.46. The third-order valence-electron chi connectivity index (χ3n) is 5.89. The molecular formula is C26H24F3N3O3. The maximum absolute atomic E-state index is 14.6. The fraction of sp³-hybridized carbons (Fsp3) is 0.269. The van der Waals surface area contributed by atoms with Gasteiger partial charge >= 0.3 is 0 Å². The van der Waals surface area contributed by atoms with Gasteiger partial charge in [0, 0.05) is 23.7 Å². The van der Waals surface area contributed by atoms with Gasteiger partial charge in [0.15, 0.2) is 0 Å². The molecule has 35 heavy (non-hydrogen) atoms. The minimum atomic E-state index is -0.773. The van der Waals surface area contributed by atoms with Gasteiger partial charge in [0.1, 0.15) is 30.3 Å². The molecule has 5 rings (SSSR count). The molecule has 0 atom stereocenters. The van der Waals surface area contributed by atoms with Crippen molar-refractivity contribution in [3.63, 3.8) is 0 Å². The third kappa shape index (κ3) is 5.45. The molecule has 0 radical (unpaired) electrons. The van der Waals surface area contributed by atoms with Gasteiger partial charge in [-0.15, -0.1) is 0 Å². The number of nitrogens with one attached hydrogen (secondary N) is 1. The highest BCUT2D eigenvalue weighted by Crippen LogP contribution is 2.23. The summed E-state index contributed by atoms with van der Waals surface area (Å²) in [6.07, 6.45) is 8.74. The van der Waals surface area contributed by atoms with Crippen LogP contribution in [0.15, 0.2) is 58.1 Å². The van der Waals surface area contributed by atoms with Crippen molar-refractivity contribution in [2.24, 2.45) is 0 Å². The third-order valence-corrected chi connectivity index (χ3v) is 5.89. The Kier molecular flexibility index (Phi) is 7.33. The Labute approximate surface area is 199 Å². The van der Waals surface area contributed by atoms with Crippen LogP contribution in [0.2, 0.25) is 0 Å². The average molecular weight is 483 g/mol. The second kappa shape index (κ2) is 10.6. The second-order valence-corrected chi connectivity index (χ2v) is 8.31. The summed E-state index contributed by atoms with van der Waals surface area (Å²) >= 11 is 0. The number of amides is 1. The van der Waals surface area contributed by atoms with Gasteiger partial charge in [0.2, 0.25) is 5.89 Å². The number of hydrogen-bond acceptors (Lipinski definition) is 4. The highest BCUT2D eigenvalue weighted by Gasteiger charge is 2.22. The van der Waals surface area contributed by atoms with E-state index in [0.717, 1.165) is 24.3 Å². The van der Waals surface area contributed by atoms with Crippen LogP contribution >= 0.6 is 0 Å². The molecule has 9 heteroatoms. The quantitative estimate of drug-likeness (QED) is 0.421. The van der Waals surface area contributed by atoms with Crippen LogP contribution < -0.4 is 10.9 Å². The van der Waals surface area contributed by atoms with Gasteiger partial charge in [-0.2, -0.15) is 0 Å². The molecule has 1 fully saturated rings. The van der Waals surface area contributed by atoms with E-state index in [9.17, 15) is 22.8 Å². The van der Waals surface area contributed by atoms with Gasteiger partial charge in [0.25, 0.3) is 11.5 Å². The fourth-order valence-electron chi connectivity index (χ4n) is 3.74. The van der Waals surface area contributed by atoms with Crippen molar-refractivity contribution >= 4 is 16.7 Å². The molecule has 0 unspecified atom stereocenters. The lowest BCUT2D eigenvalue weighted by atomic mass is 10.0. The number of pyridine rings is 1. The van der Waals surface area contributed by atoms with Crippen LogP contribution in [-0.4, -0.2) is 15.5 Å². The number of benzene rings is 2. The number of fused-ring (bicyclic) bond motifs is 1. The van der Waals surface area contributed by atoms with Gasteiger partial charge in [0.05, 0.1) is 17.1 Å². The normalized spacial score (nSPS) is 12.6. The molecule has 2 aromatic heterocycles. The molecule has 0 aliphatic heterocycles. The van der Waals surface area contributed by atoms with Crippen LogP contribution in [0.1, 0.15) is 53.2 Å². The van der Waals surface area contributed by atoms with E-state index < -0.39 is 28.9 Å². The number of nitrogens with zero attached hydrogens (tertiary/aromatic N) is 2. The van der Waals surface area contributed by atoms with Crippen molar-refractivity contribution in [2.45, 2.75) is 45.7 Å². The van der Waals surface area contributed by atoms with E-state index in [4.69, 9.17) is 4.42 Å². The lowest BCUT2D eigenvalue weighted by Crippen LogP contribution is -2.31. The predicted octanol–water partition coefficient (Wildman–Crippen LogP) is 5.25. The molecule has 1 N–H and O–H groups in total. The topological polar surface area (TPSA) is 77.1 Å². The average Bonchev–Trinajstić information content (AvgIpc) is 3.27. The number of carbonyl (C=O) groups is 1. The largest absolute Gasteiger partial charge is 0.447 e. The van der Waals surface area contributed by atoms with E-state index in [1.165, 1.54) is 54.8 Å².